The van der Waals surface area contributed by atoms with E-state index in [9.17, 15) is 9.59 Å². The Labute approximate surface area is 334 Å². The van der Waals surface area contributed by atoms with Crippen molar-refractivity contribution in [3.63, 3.8) is 0 Å². The van der Waals surface area contributed by atoms with E-state index in [0.29, 0.717) is 41.0 Å². The predicted octanol–water partition coefficient (Wildman–Crippen LogP) is 8.97. The van der Waals surface area contributed by atoms with Gasteiger partial charge in [0.25, 0.3) is 5.91 Å². The molecule has 2 aliphatic heterocycles. The lowest BCUT2D eigenvalue weighted by atomic mass is 9.95. The number of anilines is 2. The summed E-state index contributed by atoms with van der Waals surface area (Å²) in [6.45, 7) is 6.62. The second-order valence-corrected chi connectivity index (χ2v) is 18.0. The fraction of sp³-hybridized carbons (Fsp3) is 0.295. The molecule has 11 heteroatoms. The molecule has 0 bridgehead atoms. The van der Waals surface area contributed by atoms with E-state index in [-0.39, 0.29) is 24.5 Å². The van der Waals surface area contributed by atoms with Gasteiger partial charge < -0.3 is 23.5 Å². The minimum atomic E-state index is -3.08. The Hall–Kier alpha value is -4.36. The second kappa shape index (κ2) is 17.6. The SMILES string of the molecule is CCO[Si](CNC(=O)CN1C(=O)/C(=C\c2ccc3c(c2)C2CCCC2N3c2ccc(C=C(c3ccccc3)c3ccccc3)cc2)SC1=S)(OCC)OCC. The number of carbonyl (C=O) groups is 2. The van der Waals surface area contributed by atoms with Crippen molar-refractivity contribution < 1.29 is 22.9 Å². The molecule has 0 aromatic heterocycles. The van der Waals surface area contributed by atoms with Crippen LogP contribution in [0, 0.1) is 0 Å². The van der Waals surface area contributed by atoms with E-state index in [2.05, 4.69) is 119 Å². The molecule has 2 fully saturated rings. The molecule has 2 heterocycles. The highest BCUT2D eigenvalue weighted by Gasteiger charge is 2.43. The zero-order valence-electron chi connectivity index (χ0n) is 31.5. The van der Waals surface area contributed by atoms with Crippen LogP contribution in [-0.2, 0) is 22.9 Å². The van der Waals surface area contributed by atoms with Crippen molar-refractivity contribution >= 4 is 78.0 Å². The first-order chi connectivity index (χ1) is 26.8. The van der Waals surface area contributed by atoms with E-state index in [1.54, 1.807) is 0 Å². The summed E-state index contributed by atoms with van der Waals surface area (Å²) in [5.74, 6) is -0.203. The molecule has 1 saturated carbocycles. The summed E-state index contributed by atoms with van der Waals surface area (Å²) in [6, 6.07) is 36.9. The number of nitrogens with one attached hydrogen (secondary N) is 1. The van der Waals surface area contributed by atoms with Gasteiger partial charge in [0, 0.05) is 43.2 Å². The van der Waals surface area contributed by atoms with Crippen molar-refractivity contribution in [2.24, 2.45) is 0 Å². The van der Waals surface area contributed by atoms with Crippen LogP contribution in [0.2, 0.25) is 0 Å². The van der Waals surface area contributed by atoms with E-state index in [4.69, 9.17) is 25.5 Å². The number of thioether (sulfide) groups is 1. The van der Waals surface area contributed by atoms with E-state index < -0.39 is 8.80 Å². The van der Waals surface area contributed by atoms with Crippen LogP contribution in [0.15, 0.2) is 108 Å². The Balaban J connectivity index is 1.07. The minimum absolute atomic E-state index is 0.116. The summed E-state index contributed by atoms with van der Waals surface area (Å²) in [7, 11) is -3.08. The molecule has 1 N–H and O–H groups in total. The number of amides is 2. The third-order valence-electron chi connectivity index (χ3n) is 10.2. The van der Waals surface area contributed by atoms with Gasteiger partial charge in [0.2, 0.25) is 5.91 Å². The van der Waals surface area contributed by atoms with Gasteiger partial charge in [-0.3, -0.25) is 14.5 Å². The van der Waals surface area contributed by atoms with Gasteiger partial charge in [-0.1, -0.05) is 109 Å². The zero-order chi connectivity index (χ0) is 38.4. The Kier molecular flexibility index (Phi) is 12.5. The van der Waals surface area contributed by atoms with Crippen LogP contribution in [0.4, 0.5) is 11.4 Å². The standard InChI is InChI=1S/C44H47N3O5S2Si/c1-4-50-55(51-5-2,52-6-3)30-45-42(48)29-46-43(49)41(54-44(46)53)28-32-22-25-40-38(27-32)36-18-13-19-39(36)47(40)35-23-20-31(21-24-35)26-37(33-14-9-7-10-15-33)34-16-11-8-12-17-34/h7-12,14-17,20-28,36,39H,4-6,13,18-19,29-30H2,1-3H3,(H,45,48)/b41-28+. The number of fused-ring (bicyclic) bond motifs is 3. The number of nitrogens with zero attached hydrogens (tertiary/aromatic N) is 2. The quantitative estimate of drug-likeness (QED) is 0.0554. The maximum Gasteiger partial charge on any atom is 0.521 e. The van der Waals surface area contributed by atoms with Crippen LogP contribution in [0.3, 0.4) is 0 Å². The first-order valence-electron chi connectivity index (χ1n) is 19.1. The summed E-state index contributed by atoms with van der Waals surface area (Å²) < 4.78 is 17.9. The lowest BCUT2D eigenvalue weighted by Gasteiger charge is -2.28. The molecule has 1 aliphatic carbocycles. The molecule has 3 aliphatic rings. The highest BCUT2D eigenvalue weighted by Crippen LogP contribution is 2.52. The Morgan fingerprint density at radius 2 is 1.47 bits per heavy atom. The van der Waals surface area contributed by atoms with Crippen LogP contribution in [0.5, 0.6) is 0 Å². The Morgan fingerprint density at radius 3 is 2.09 bits per heavy atom. The fourth-order valence-electron chi connectivity index (χ4n) is 7.90. The van der Waals surface area contributed by atoms with Crippen LogP contribution < -0.4 is 10.2 Å². The predicted molar refractivity (Wildman–Crippen MR) is 229 cm³/mol. The summed E-state index contributed by atoms with van der Waals surface area (Å²) in [5, 5.41) is 2.86. The molecule has 0 radical (unpaired) electrons. The van der Waals surface area contributed by atoms with Gasteiger partial charge in [-0.2, -0.15) is 0 Å². The van der Waals surface area contributed by atoms with Crippen LogP contribution in [0.25, 0.3) is 17.7 Å². The van der Waals surface area contributed by atoms with Crippen LogP contribution in [0.1, 0.15) is 73.8 Å². The average molecular weight is 790 g/mol. The fourth-order valence-corrected chi connectivity index (χ4v) is 11.4. The Bertz CT molecular complexity index is 2020. The molecule has 0 spiro atoms. The largest absolute Gasteiger partial charge is 0.521 e. The molecule has 284 valence electrons. The molecule has 2 amide bonds. The number of rotatable bonds is 15. The van der Waals surface area contributed by atoms with Gasteiger partial charge in [0.15, 0.2) is 0 Å². The van der Waals surface area contributed by atoms with Gasteiger partial charge in [0.05, 0.1) is 11.1 Å². The van der Waals surface area contributed by atoms with Crippen molar-refractivity contribution in [2.75, 3.05) is 37.4 Å². The zero-order valence-corrected chi connectivity index (χ0v) is 34.2. The third-order valence-corrected chi connectivity index (χ3v) is 14.4. The summed E-state index contributed by atoms with van der Waals surface area (Å²) in [6.07, 6.45) is 7.73. The molecule has 4 aromatic carbocycles. The first-order valence-corrected chi connectivity index (χ1v) is 22.3. The van der Waals surface area contributed by atoms with E-state index in [1.807, 2.05) is 26.8 Å². The van der Waals surface area contributed by atoms with E-state index in [0.717, 1.165) is 24.0 Å². The van der Waals surface area contributed by atoms with E-state index in [1.165, 1.54) is 56.7 Å². The Morgan fingerprint density at radius 1 is 0.855 bits per heavy atom. The van der Waals surface area contributed by atoms with Crippen molar-refractivity contribution in [3.8, 4) is 0 Å². The van der Waals surface area contributed by atoms with Gasteiger partial charge >= 0.3 is 8.80 Å². The van der Waals surface area contributed by atoms with Crippen molar-refractivity contribution in [3.05, 3.63) is 136 Å². The molecule has 1 saturated heterocycles. The molecule has 4 aromatic rings. The van der Waals surface area contributed by atoms with Crippen molar-refractivity contribution in [2.45, 2.75) is 52.0 Å². The number of thiocarbonyl (C=S) groups is 1. The highest BCUT2D eigenvalue weighted by atomic mass is 32.2. The van der Waals surface area contributed by atoms with Gasteiger partial charge in [-0.25, -0.2) is 0 Å². The summed E-state index contributed by atoms with van der Waals surface area (Å²) in [5.41, 5.74) is 9.38. The third kappa shape index (κ3) is 8.57. The maximum atomic E-state index is 13.6. The summed E-state index contributed by atoms with van der Waals surface area (Å²) in [4.78, 5) is 31.0. The second-order valence-electron chi connectivity index (χ2n) is 13.7. The maximum absolute atomic E-state index is 13.6. The molecule has 2 unspecified atom stereocenters. The van der Waals surface area contributed by atoms with Crippen LogP contribution in [-0.4, -0.2) is 68.4 Å². The average Bonchev–Trinajstić information content (AvgIpc) is 3.87. The molecule has 8 nitrogen and oxygen atoms in total. The molecule has 2 atom stereocenters. The van der Waals surface area contributed by atoms with Gasteiger partial charge in [-0.15, -0.1) is 0 Å². The van der Waals surface area contributed by atoms with Crippen molar-refractivity contribution in [1.82, 2.24) is 10.2 Å². The lowest BCUT2D eigenvalue weighted by Crippen LogP contribution is -2.56. The first kappa shape index (κ1) is 38.9. The lowest BCUT2D eigenvalue weighted by molar-refractivity contribution is -0.128. The molecular weight excluding hydrogens is 743 g/mol. The molecule has 7 rings (SSSR count). The minimum Gasteiger partial charge on any atom is -0.373 e. The molecule has 55 heavy (non-hydrogen) atoms. The monoisotopic (exact) mass is 789 g/mol. The highest BCUT2D eigenvalue weighted by molar-refractivity contribution is 8.26. The topological polar surface area (TPSA) is 80.3 Å². The van der Waals surface area contributed by atoms with E-state index >= 15 is 0 Å². The number of hydrogen-bond donors (Lipinski definition) is 1. The van der Waals surface area contributed by atoms with Crippen LogP contribution >= 0.6 is 24.0 Å². The number of hydrogen-bond acceptors (Lipinski definition) is 8. The smallest absolute Gasteiger partial charge is 0.373 e. The van der Waals surface area contributed by atoms with Gasteiger partial charge in [-0.05, 0) is 103 Å². The number of carbonyl (C=O) groups excluding carboxylic acids is 2. The normalized spacial score (nSPS) is 18.5. The molecular formula is C44H47N3O5S2Si. The summed E-state index contributed by atoms with van der Waals surface area (Å²) >= 11 is 6.80. The van der Waals surface area contributed by atoms with Gasteiger partial charge in [0.1, 0.15) is 10.9 Å². The number of benzene rings is 4. The van der Waals surface area contributed by atoms with Crippen molar-refractivity contribution in [1.29, 1.82) is 0 Å².